The summed E-state index contributed by atoms with van der Waals surface area (Å²) >= 11 is 0. The molecule has 0 aliphatic carbocycles. The van der Waals surface area contributed by atoms with Gasteiger partial charge >= 0.3 is 0 Å². The third-order valence-electron chi connectivity index (χ3n) is 3.69. The van der Waals surface area contributed by atoms with E-state index in [0.29, 0.717) is 5.95 Å². The molecule has 114 valence electrons. The smallest absolute Gasteiger partial charge is 0.248 e. The first-order valence-electron chi connectivity index (χ1n) is 6.99. The molecule has 2 aromatic carbocycles. The molecule has 1 atom stereocenters. The average molecular weight is 311 g/mol. The van der Waals surface area contributed by atoms with E-state index in [1.54, 1.807) is 28.9 Å². The van der Waals surface area contributed by atoms with Crippen LogP contribution in [0.3, 0.4) is 0 Å². The first-order valence-corrected chi connectivity index (χ1v) is 6.99. The minimum Gasteiger partial charge on any atom is -0.323 e. The topological polar surface area (TPSA) is 55.6 Å². The lowest BCUT2D eigenvalue weighted by Crippen LogP contribution is -2.20. The molecule has 1 aliphatic rings. The molecule has 1 unspecified atom stereocenters. The molecule has 0 spiro atoms. The Morgan fingerprint density at radius 3 is 2.26 bits per heavy atom. The number of aromatic nitrogens is 4. The molecule has 3 aromatic rings. The summed E-state index contributed by atoms with van der Waals surface area (Å²) in [5, 5.41) is 14.7. The van der Waals surface area contributed by atoms with Crippen molar-refractivity contribution < 1.29 is 8.78 Å². The summed E-state index contributed by atoms with van der Waals surface area (Å²) in [5.74, 6) is -0.131. The Kier molecular flexibility index (Phi) is 3.11. The van der Waals surface area contributed by atoms with E-state index in [9.17, 15) is 8.78 Å². The number of anilines is 1. The van der Waals surface area contributed by atoms with Gasteiger partial charge in [-0.25, -0.2) is 8.78 Å². The first kappa shape index (κ1) is 13.6. The number of hydrogen-bond donors (Lipinski definition) is 1. The zero-order valence-electron chi connectivity index (χ0n) is 11.8. The zero-order valence-corrected chi connectivity index (χ0v) is 11.8. The standard InChI is InChI=1S/C16H11F2N5/c17-12-5-1-10(2-6-12)14-9-15(11-3-7-13(18)8-4-11)23-16(19-14)20-21-22-23/h1-9,15H,(H,19,20,22). The van der Waals surface area contributed by atoms with Crippen LogP contribution in [0, 0.1) is 11.6 Å². The molecular weight excluding hydrogens is 300 g/mol. The number of halogens is 2. The SMILES string of the molecule is Fc1ccc(C2=CC(c3ccc(F)cc3)n3nnnc3N2)cc1. The number of tetrazole rings is 1. The van der Waals surface area contributed by atoms with E-state index in [-0.39, 0.29) is 17.7 Å². The van der Waals surface area contributed by atoms with Crippen molar-refractivity contribution in [2.75, 3.05) is 5.32 Å². The Bertz CT molecular complexity index is 868. The fourth-order valence-corrected chi connectivity index (χ4v) is 2.55. The molecule has 4 rings (SSSR count). The van der Waals surface area contributed by atoms with E-state index in [1.165, 1.54) is 24.3 Å². The van der Waals surface area contributed by atoms with Gasteiger partial charge in [-0.05, 0) is 64.0 Å². The van der Waals surface area contributed by atoms with Crippen LogP contribution in [0.5, 0.6) is 0 Å². The summed E-state index contributed by atoms with van der Waals surface area (Å²) in [7, 11) is 0. The van der Waals surface area contributed by atoms with Crippen molar-refractivity contribution in [2.45, 2.75) is 6.04 Å². The molecule has 1 aliphatic heterocycles. The van der Waals surface area contributed by atoms with Crippen molar-refractivity contribution in [3.63, 3.8) is 0 Å². The van der Waals surface area contributed by atoms with Crippen molar-refractivity contribution in [3.8, 4) is 0 Å². The van der Waals surface area contributed by atoms with E-state index >= 15 is 0 Å². The van der Waals surface area contributed by atoms with Gasteiger partial charge in [0.05, 0.1) is 0 Å². The van der Waals surface area contributed by atoms with Crippen molar-refractivity contribution in [2.24, 2.45) is 0 Å². The number of hydrogen-bond acceptors (Lipinski definition) is 4. The number of benzene rings is 2. The summed E-state index contributed by atoms with van der Waals surface area (Å²) in [4.78, 5) is 0. The highest BCUT2D eigenvalue weighted by Gasteiger charge is 2.24. The highest BCUT2D eigenvalue weighted by Crippen LogP contribution is 2.31. The van der Waals surface area contributed by atoms with Crippen LogP contribution in [0.4, 0.5) is 14.7 Å². The van der Waals surface area contributed by atoms with E-state index in [0.717, 1.165) is 16.8 Å². The van der Waals surface area contributed by atoms with E-state index in [2.05, 4.69) is 20.8 Å². The van der Waals surface area contributed by atoms with Crippen molar-refractivity contribution >= 4 is 11.6 Å². The fourth-order valence-electron chi connectivity index (χ4n) is 2.55. The number of allylic oxidation sites excluding steroid dienone is 1. The summed E-state index contributed by atoms with van der Waals surface area (Å²) in [6.45, 7) is 0. The Morgan fingerprint density at radius 2 is 1.57 bits per heavy atom. The Morgan fingerprint density at radius 1 is 0.913 bits per heavy atom. The normalized spacial score (nSPS) is 16.4. The second-order valence-corrected chi connectivity index (χ2v) is 5.16. The minimum absolute atomic E-state index is 0.276. The molecule has 0 amide bonds. The van der Waals surface area contributed by atoms with Crippen LogP contribution in [-0.4, -0.2) is 20.2 Å². The van der Waals surface area contributed by atoms with Gasteiger partial charge < -0.3 is 5.32 Å². The van der Waals surface area contributed by atoms with Gasteiger partial charge in [-0.1, -0.05) is 17.2 Å². The zero-order chi connectivity index (χ0) is 15.8. The average Bonchev–Trinajstić information content (AvgIpc) is 3.04. The van der Waals surface area contributed by atoms with Gasteiger partial charge in [0.15, 0.2) is 0 Å². The van der Waals surface area contributed by atoms with Crippen molar-refractivity contribution in [3.05, 3.63) is 77.4 Å². The first-order chi connectivity index (χ1) is 11.2. The lowest BCUT2D eigenvalue weighted by molar-refractivity contribution is 0.582. The maximum absolute atomic E-state index is 13.2. The van der Waals surface area contributed by atoms with Gasteiger partial charge in [-0.2, -0.15) is 4.68 Å². The van der Waals surface area contributed by atoms with Crippen LogP contribution in [-0.2, 0) is 0 Å². The largest absolute Gasteiger partial charge is 0.323 e. The maximum Gasteiger partial charge on any atom is 0.248 e. The van der Waals surface area contributed by atoms with E-state index in [4.69, 9.17) is 0 Å². The highest BCUT2D eigenvalue weighted by molar-refractivity contribution is 5.76. The van der Waals surface area contributed by atoms with Crippen molar-refractivity contribution in [1.29, 1.82) is 0 Å². The monoisotopic (exact) mass is 311 g/mol. The van der Waals surface area contributed by atoms with Crippen LogP contribution in [0.1, 0.15) is 17.2 Å². The molecule has 1 aromatic heterocycles. The molecule has 7 heteroatoms. The Labute approximate surface area is 130 Å². The van der Waals surface area contributed by atoms with Crippen molar-refractivity contribution in [1.82, 2.24) is 20.2 Å². The molecule has 0 bridgehead atoms. The van der Waals surface area contributed by atoms with Gasteiger partial charge in [0.2, 0.25) is 5.95 Å². The molecule has 0 saturated heterocycles. The van der Waals surface area contributed by atoms with Crippen LogP contribution >= 0.6 is 0 Å². The molecule has 5 nitrogen and oxygen atoms in total. The molecule has 0 fully saturated rings. The van der Waals surface area contributed by atoms with Gasteiger partial charge in [0, 0.05) is 5.70 Å². The number of nitrogens with zero attached hydrogens (tertiary/aromatic N) is 4. The lowest BCUT2D eigenvalue weighted by Gasteiger charge is -2.23. The second-order valence-electron chi connectivity index (χ2n) is 5.16. The second kappa shape index (κ2) is 5.28. The van der Waals surface area contributed by atoms with E-state index in [1.807, 2.05) is 6.08 Å². The fraction of sp³-hybridized carbons (Fsp3) is 0.0625. The molecule has 1 N–H and O–H groups in total. The molecule has 23 heavy (non-hydrogen) atoms. The Hall–Kier alpha value is -3.09. The Balaban J connectivity index is 1.79. The van der Waals surface area contributed by atoms with E-state index < -0.39 is 0 Å². The summed E-state index contributed by atoms with van der Waals surface area (Å²) in [5.41, 5.74) is 2.43. The number of fused-ring (bicyclic) bond motifs is 1. The summed E-state index contributed by atoms with van der Waals surface area (Å²) in [6.07, 6.45) is 1.92. The quantitative estimate of drug-likeness (QED) is 0.790. The van der Waals surface area contributed by atoms with Gasteiger partial charge in [-0.3, -0.25) is 0 Å². The molecule has 0 saturated carbocycles. The van der Waals surface area contributed by atoms with Crippen LogP contribution in [0.2, 0.25) is 0 Å². The maximum atomic E-state index is 13.2. The predicted molar refractivity (Wildman–Crippen MR) is 80.4 cm³/mol. The molecular formula is C16H11F2N5. The number of rotatable bonds is 2. The minimum atomic E-state index is -0.303. The number of nitrogens with one attached hydrogen (secondary N) is 1. The van der Waals surface area contributed by atoms with Gasteiger partial charge in [0.1, 0.15) is 17.7 Å². The molecule has 2 heterocycles. The highest BCUT2D eigenvalue weighted by atomic mass is 19.1. The third kappa shape index (κ3) is 2.46. The summed E-state index contributed by atoms with van der Waals surface area (Å²) in [6, 6.07) is 12.0. The van der Waals surface area contributed by atoms with Gasteiger partial charge in [-0.15, -0.1) is 0 Å². The van der Waals surface area contributed by atoms with Crippen LogP contribution < -0.4 is 5.32 Å². The molecule has 0 radical (unpaired) electrons. The predicted octanol–water partition coefficient (Wildman–Crippen LogP) is 3.01. The third-order valence-corrected chi connectivity index (χ3v) is 3.69. The van der Waals surface area contributed by atoms with Gasteiger partial charge in [0.25, 0.3) is 0 Å². The lowest BCUT2D eigenvalue weighted by atomic mass is 10.0. The van der Waals surface area contributed by atoms with Crippen LogP contribution in [0.25, 0.3) is 5.70 Å². The van der Waals surface area contributed by atoms with Crippen LogP contribution in [0.15, 0.2) is 54.6 Å². The summed E-state index contributed by atoms with van der Waals surface area (Å²) < 4.78 is 27.9.